The summed E-state index contributed by atoms with van der Waals surface area (Å²) in [6.45, 7) is 3.85. The first-order chi connectivity index (χ1) is 8.53. The standard InChI is InChI=1S/C14H18N2O2/c1-3-9-14(2,11-15)16(13(17)18)10-12-7-5-4-6-8-12/h4-8H,3,9-10H2,1-2H3,(H,17,18). The molecule has 0 aliphatic rings. The molecule has 0 bridgehead atoms. The minimum atomic E-state index is -1.06. The number of rotatable bonds is 5. The van der Waals surface area contributed by atoms with Gasteiger partial charge in [-0.15, -0.1) is 0 Å². The SMILES string of the molecule is CCCC(C)(C#N)N(Cc1ccccc1)C(=O)O. The van der Waals surface area contributed by atoms with Gasteiger partial charge in [0.15, 0.2) is 0 Å². The number of carbonyl (C=O) groups is 1. The van der Waals surface area contributed by atoms with E-state index in [1.54, 1.807) is 6.92 Å². The lowest BCUT2D eigenvalue weighted by Crippen LogP contribution is -2.47. The quantitative estimate of drug-likeness (QED) is 0.867. The average Bonchev–Trinajstić information content (AvgIpc) is 2.37. The molecule has 4 nitrogen and oxygen atoms in total. The Kier molecular flexibility index (Phi) is 4.73. The molecule has 1 aromatic rings. The van der Waals surface area contributed by atoms with Crippen LogP contribution in [0.5, 0.6) is 0 Å². The van der Waals surface area contributed by atoms with Crippen molar-refractivity contribution < 1.29 is 9.90 Å². The lowest BCUT2D eigenvalue weighted by Gasteiger charge is -2.33. The first-order valence-corrected chi connectivity index (χ1v) is 5.99. The molecule has 1 N–H and O–H groups in total. The zero-order chi connectivity index (χ0) is 13.6. The fourth-order valence-corrected chi connectivity index (χ4v) is 1.96. The van der Waals surface area contributed by atoms with Gasteiger partial charge in [0.25, 0.3) is 0 Å². The van der Waals surface area contributed by atoms with E-state index >= 15 is 0 Å². The van der Waals surface area contributed by atoms with Crippen molar-refractivity contribution in [2.45, 2.75) is 38.8 Å². The highest BCUT2D eigenvalue weighted by molar-refractivity contribution is 5.67. The molecule has 0 heterocycles. The van der Waals surface area contributed by atoms with Crippen molar-refractivity contribution in [3.05, 3.63) is 35.9 Å². The Morgan fingerprint density at radius 2 is 2.06 bits per heavy atom. The van der Waals surface area contributed by atoms with Crippen LogP contribution in [0, 0.1) is 11.3 Å². The van der Waals surface area contributed by atoms with E-state index in [4.69, 9.17) is 0 Å². The molecule has 0 aliphatic carbocycles. The minimum Gasteiger partial charge on any atom is -0.465 e. The second-order valence-corrected chi connectivity index (χ2v) is 4.49. The monoisotopic (exact) mass is 246 g/mol. The van der Waals surface area contributed by atoms with E-state index in [1.807, 2.05) is 37.3 Å². The van der Waals surface area contributed by atoms with Crippen molar-refractivity contribution in [1.29, 1.82) is 5.26 Å². The van der Waals surface area contributed by atoms with Gasteiger partial charge in [-0.3, -0.25) is 4.90 Å². The van der Waals surface area contributed by atoms with E-state index in [1.165, 1.54) is 4.90 Å². The molecule has 0 saturated heterocycles. The van der Waals surface area contributed by atoms with Gasteiger partial charge in [-0.2, -0.15) is 5.26 Å². The molecule has 1 aromatic carbocycles. The Balaban J connectivity index is 2.97. The third kappa shape index (κ3) is 3.24. The van der Waals surface area contributed by atoms with E-state index in [2.05, 4.69) is 6.07 Å². The summed E-state index contributed by atoms with van der Waals surface area (Å²) in [6.07, 6.45) is 0.238. The summed E-state index contributed by atoms with van der Waals surface area (Å²) in [7, 11) is 0. The molecule has 0 spiro atoms. The molecule has 4 heteroatoms. The Bertz CT molecular complexity index is 439. The topological polar surface area (TPSA) is 64.3 Å². The molecule has 0 radical (unpaired) electrons. The minimum absolute atomic E-state index is 0.236. The van der Waals surface area contributed by atoms with Gasteiger partial charge in [-0.05, 0) is 18.9 Å². The zero-order valence-corrected chi connectivity index (χ0v) is 10.8. The highest BCUT2D eigenvalue weighted by atomic mass is 16.4. The molecule has 1 atom stereocenters. The van der Waals surface area contributed by atoms with Gasteiger partial charge >= 0.3 is 6.09 Å². The maximum atomic E-state index is 11.4. The first kappa shape index (κ1) is 14.0. The molecule has 0 aromatic heterocycles. The maximum absolute atomic E-state index is 11.4. The highest BCUT2D eigenvalue weighted by Crippen LogP contribution is 2.23. The number of hydrogen-bond donors (Lipinski definition) is 1. The molecule has 1 amide bonds. The predicted octanol–water partition coefficient (Wildman–Crippen LogP) is 3.25. The van der Waals surface area contributed by atoms with Gasteiger partial charge in [0, 0.05) is 0 Å². The zero-order valence-electron chi connectivity index (χ0n) is 10.8. The van der Waals surface area contributed by atoms with Gasteiger partial charge in [0.1, 0.15) is 5.54 Å². The van der Waals surface area contributed by atoms with Gasteiger partial charge in [0.2, 0.25) is 0 Å². The second-order valence-electron chi connectivity index (χ2n) is 4.49. The van der Waals surface area contributed by atoms with Crippen LogP contribution in [-0.4, -0.2) is 21.6 Å². The number of benzene rings is 1. The number of nitriles is 1. The highest BCUT2D eigenvalue weighted by Gasteiger charge is 2.34. The van der Waals surface area contributed by atoms with Crippen molar-refractivity contribution in [2.75, 3.05) is 0 Å². The Morgan fingerprint density at radius 1 is 1.44 bits per heavy atom. The second kappa shape index (κ2) is 6.06. The van der Waals surface area contributed by atoms with Crippen LogP contribution in [0.4, 0.5) is 4.79 Å². The van der Waals surface area contributed by atoms with Gasteiger partial charge in [-0.25, -0.2) is 4.79 Å². The molecule has 18 heavy (non-hydrogen) atoms. The molecular weight excluding hydrogens is 228 g/mol. The molecule has 96 valence electrons. The number of hydrogen-bond acceptors (Lipinski definition) is 2. The van der Waals surface area contributed by atoms with Crippen molar-refractivity contribution in [3.63, 3.8) is 0 Å². The summed E-state index contributed by atoms with van der Waals surface area (Å²) in [5.41, 5.74) is -0.0892. The number of carboxylic acid groups (broad SMARTS) is 1. The molecule has 0 saturated carbocycles. The summed E-state index contributed by atoms with van der Waals surface area (Å²) < 4.78 is 0. The van der Waals surface area contributed by atoms with Gasteiger partial charge in [0.05, 0.1) is 12.6 Å². The summed E-state index contributed by atoms with van der Waals surface area (Å²) in [5, 5.41) is 18.6. The lowest BCUT2D eigenvalue weighted by atomic mass is 9.95. The fourth-order valence-electron chi connectivity index (χ4n) is 1.96. The summed E-state index contributed by atoms with van der Waals surface area (Å²) in [4.78, 5) is 12.6. The van der Waals surface area contributed by atoms with E-state index in [0.29, 0.717) is 6.42 Å². The van der Waals surface area contributed by atoms with E-state index in [9.17, 15) is 15.2 Å². The third-order valence-corrected chi connectivity index (χ3v) is 2.99. The van der Waals surface area contributed by atoms with Crippen LogP contribution in [0.25, 0.3) is 0 Å². The molecule has 0 aliphatic heterocycles. The maximum Gasteiger partial charge on any atom is 0.408 e. The van der Waals surface area contributed by atoms with E-state index in [0.717, 1.165) is 12.0 Å². The number of nitrogens with zero attached hydrogens (tertiary/aromatic N) is 2. The first-order valence-electron chi connectivity index (χ1n) is 5.99. The smallest absolute Gasteiger partial charge is 0.408 e. The lowest BCUT2D eigenvalue weighted by molar-refractivity contribution is 0.0983. The average molecular weight is 246 g/mol. The van der Waals surface area contributed by atoms with Crippen LogP contribution < -0.4 is 0 Å². The molecule has 0 fully saturated rings. The summed E-state index contributed by atoms with van der Waals surface area (Å²) in [5.74, 6) is 0. The van der Waals surface area contributed by atoms with E-state index < -0.39 is 11.6 Å². The number of amides is 1. The van der Waals surface area contributed by atoms with Crippen molar-refractivity contribution >= 4 is 6.09 Å². The van der Waals surface area contributed by atoms with Crippen molar-refractivity contribution in [2.24, 2.45) is 0 Å². The molecular formula is C14H18N2O2. The molecule has 1 unspecified atom stereocenters. The Labute approximate surface area is 107 Å². The van der Waals surface area contributed by atoms with Gasteiger partial charge in [-0.1, -0.05) is 43.7 Å². The predicted molar refractivity (Wildman–Crippen MR) is 68.9 cm³/mol. The van der Waals surface area contributed by atoms with Crippen LogP contribution in [-0.2, 0) is 6.54 Å². The normalized spacial score (nSPS) is 13.4. The largest absolute Gasteiger partial charge is 0.465 e. The fraction of sp³-hybridized carbons (Fsp3) is 0.429. The third-order valence-electron chi connectivity index (χ3n) is 2.99. The Hall–Kier alpha value is -2.02. The van der Waals surface area contributed by atoms with Gasteiger partial charge < -0.3 is 5.11 Å². The molecule has 1 rings (SSSR count). The van der Waals surface area contributed by atoms with Crippen LogP contribution in [0.15, 0.2) is 30.3 Å². The van der Waals surface area contributed by atoms with Crippen molar-refractivity contribution in [3.8, 4) is 6.07 Å². The summed E-state index contributed by atoms with van der Waals surface area (Å²) >= 11 is 0. The van der Waals surface area contributed by atoms with E-state index in [-0.39, 0.29) is 6.54 Å². The van der Waals surface area contributed by atoms with Crippen LogP contribution in [0.2, 0.25) is 0 Å². The van der Waals surface area contributed by atoms with Crippen LogP contribution in [0.1, 0.15) is 32.3 Å². The Morgan fingerprint density at radius 3 is 2.50 bits per heavy atom. The summed E-state index contributed by atoms with van der Waals surface area (Å²) in [6, 6.07) is 11.4. The van der Waals surface area contributed by atoms with Crippen LogP contribution in [0.3, 0.4) is 0 Å². The van der Waals surface area contributed by atoms with Crippen LogP contribution >= 0.6 is 0 Å². The van der Waals surface area contributed by atoms with Crippen molar-refractivity contribution in [1.82, 2.24) is 4.90 Å².